The van der Waals surface area contributed by atoms with Crippen LogP contribution in [0.2, 0.25) is 0 Å². The van der Waals surface area contributed by atoms with Gasteiger partial charge in [-0.05, 0) is 62.3 Å². The summed E-state index contributed by atoms with van der Waals surface area (Å²) in [7, 11) is 0. The highest BCUT2D eigenvalue weighted by molar-refractivity contribution is 9.10. The topological polar surface area (TPSA) is 92.8 Å². The van der Waals surface area contributed by atoms with Crippen molar-refractivity contribution in [2.24, 2.45) is 23.7 Å². The molecule has 1 aromatic rings. The van der Waals surface area contributed by atoms with Gasteiger partial charge in [-0.2, -0.15) is 0 Å². The number of carbonyl (C=O) groups excluding carboxylic acids is 4. The van der Waals surface area contributed by atoms with Gasteiger partial charge in [-0.15, -0.1) is 0 Å². The summed E-state index contributed by atoms with van der Waals surface area (Å²) in [6.07, 6.45) is 4.83. The Balaban J connectivity index is 1.35. The third kappa shape index (κ3) is 3.37. The van der Waals surface area contributed by atoms with Crippen molar-refractivity contribution in [2.75, 3.05) is 11.9 Å². The minimum absolute atomic E-state index is 0.0771. The normalized spacial score (nSPS) is 27.4. The van der Waals surface area contributed by atoms with E-state index in [0.29, 0.717) is 5.69 Å². The second-order valence-electron chi connectivity index (χ2n) is 8.30. The first kappa shape index (κ1) is 20.8. The van der Waals surface area contributed by atoms with Crippen LogP contribution in [0.1, 0.15) is 24.5 Å². The van der Waals surface area contributed by atoms with Crippen molar-refractivity contribution in [3.63, 3.8) is 0 Å². The van der Waals surface area contributed by atoms with E-state index in [-0.39, 0.29) is 35.5 Å². The highest BCUT2D eigenvalue weighted by Crippen LogP contribution is 2.52. The number of esters is 1. The Hall–Kier alpha value is -2.48. The quantitative estimate of drug-likeness (QED) is 0.402. The van der Waals surface area contributed by atoms with E-state index in [2.05, 4.69) is 21.2 Å². The molecule has 1 saturated carbocycles. The number of likely N-dealkylation sites (tertiary alicyclic amines) is 1. The number of allylic oxidation sites excluding steroid dienone is 2. The van der Waals surface area contributed by atoms with E-state index >= 15 is 0 Å². The molecule has 5 atom stereocenters. The van der Waals surface area contributed by atoms with E-state index in [1.165, 1.54) is 6.92 Å². The number of fused-ring (bicyclic) bond motifs is 5. The van der Waals surface area contributed by atoms with Gasteiger partial charge in [0.05, 0.1) is 11.8 Å². The summed E-state index contributed by atoms with van der Waals surface area (Å²) in [6.45, 7) is 4.80. The average Bonchev–Trinajstić information content (AvgIpc) is 3.37. The van der Waals surface area contributed by atoms with Crippen LogP contribution >= 0.6 is 15.9 Å². The molecule has 0 unspecified atom stereocenters. The number of carbonyl (C=O) groups is 4. The molecule has 1 saturated heterocycles. The van der Waals surface area contributed by atoms with E-state index < -0.39 is 24.5 Å². The van der Waals surface area contributed by atoms with Gasteiger partial charge in [0.2, 0.25) is 11.8 Å². The van der Waals surface area contributed by atoms with Crippen molar-refractivity contribution >= 4 is 45.3 Å². The van der Waals surface area contributed by atoms with Crippen LogP contribution < -0.4 is 5.32 Å². The second kappa shape index (κ2) is 7.65. The number of hydrogen-bond acceptors (Lipinski definition) is 5. The molecule has 2 bridgehead atoms. The predicted molar refractivity (Wildman–Crippen MR) is 112 cm³/mol. The number of amides is 3. The van der Waals surface area contributed by atoms with Crippen LogP contribution in [-0.4, -0.2) is 41.2 Å². The first-order chi connectivity index (χ1) is 14.2. The van der Waals surface area contributed by atoms with Crippen LogP contribution in [0.4, 0.5) is 5.69 Å². The number of anilines is 1. The van der Waals surface area contributed by atoms with E-state index in [1.807, 2.05) is 38.1 Å². The number of aryl methyl sites for hydroxylation is 2. The van der Waals surface area contributed by atoms with Crippen LogP contribution in [0.25, 0.3) is 0 Å². The third-order valence-corrected chi connectivity index (χ3v) is 7.55. The maximum Gasteiger partial charge on any atom is 0.329 e. The monoisotopic (exact) mass is 474 g/mol. The van der Waals surface area contributed by atoms with Crippen molar-refractivity contribution in [1.82, 2.24) is 4.90 Å². The zero-order valence-corrected chi connectivity index (χ0v) is 18.6. The van der Waals surface area contributed by atoms with Gasteiger partial charge >= 0.3 is 5.97 Å². The maximum atomic E-state index is 12.8. The average molecular weight is 475 g/mol. The van der Waals surface area contributed by atoms with Crippen LogP contribution in [0.15, 0.2) is 28.8 Å². The Morgan fingerprint density at radius 2 is 1.67 bits per heavy atom. The van der Waals surface area contributed by atoms with Gasteiger partial charge in [0.15, 0.2) is 6.61 Å². The molecule has 8 heteroatoms. The lowest BCUT2D eigenvalue weighted by Gasteiger charge is -2.23. The molecule has 3 aliphatic rings. The Bertz CT molecular complexity index is 935. The van der Waals surface area contributed by atoms with Gasteiger partial charge in [-0.1, -0.05) is 28.1 Å². The summed E-state index contributed by atoms with van der Waals surface area (Å²) in [5.74, 6) is -2.45. The van der Waals surface area contributed by atoms with Gasteiger partial charge in [0.1, 0.15) is 6.04 Å². The second-order valence-corrected chi connectivity index (χ2v) is 9.10. The number of benzene rings is 1. The molecular formula is C22H23BrN2O5. The van der Waals surface area contributed by atoms with E-state index in [0.717, 1.165) is 26.9 Å². The first-order valence-electron chi connectivity index (χ1n) is 9.97. The lowest BCUT2D eigenvalue weighted by atomic mass is 9.85. The first-order valence-corrected chi connectivity index (χ1v) is 10.8. The molecule has 30 heavy (non-hydrogen) atoms. The number of ether oxygens (including phenoxy) is 1. The van der Waals surface area contributed by atoms with Gasteiger partial charge in [0.25, 0.3) is 5.91 Å². The molecule has 7 nitrogen and oxygen atoms in total. The molecule has 2 fully saturated rings. The zero-order valence-electron chi connectivity index (χ0n) is 17.0. The van der Waals surface area contributed by atoms with Crippen LogP contribution in [0, 0.1) is 37.5 Å². The van der Waals surface area contributed by atoms with Crippen LogP contribution in [0.5, 0.6) is 0 Å². The lowest BCUT2D eigenvalue weighted by Crippen LogP contribution is -2.45. The zero-order chi connectivity index (χ0) is 21.7. The number of imide groups is 1. The van der Waals surface area contributed by atoms with Crippen molar-refractivity contribution in [1.29, 1.82) is 0 Å². The molecule has 4 rings (SSSR count). The Labute approximate surface area is 183 Å². The van der Waals surface area contributed by atoms with Crippen molar-refractivity contribution in [2.45, 2.75) is 33.2 Å². The number of hydrogen-bond donors (Lipinski definition) is 1. The van der Waals surface area contributed by atoms with Gasteiger partial charge in [0, 0.05) is 10.2 Å². The molecule has 1 aromatic carbocycles. The van der Waals surface area contributed by atoms with Crippen LogP contribution in [0.3, 0.4) is 0 Å². The number of nitrogens with zero attached hydrogens (tertiary/aromatic N) is 1. The van der Waals surface area contributed by atoms with E-state index in [4.69, 9.17) is 4.74 Å². The van der Waals surface area contributed by atoms with Crippen molar-refractivity contribution < 1.29 is 23.9 Å². The fourth-order valence-electron chi connectivity index (χ4n) is 4.88. The van der Waals surface area contributed by atoms with Gasteiger partial charge in [-0.25, -0.2) is 4.79 Å². The van der Waals surface area contributed by atoms with E-state index in [9.17, 15) is 19.2 Å². The number of nitrogens with one attached hydrogen (secondary N) is 1. The Morgan fingerprint density at radius 3 is 2.20 bits per heavy atom. The molecule has 0 radical (unpaired) electrons. The molecule has 1 N–H and O–H groups in total. The molecule has 2 aliphatic carbocycles. The molecule has 1 aliphatic heterocycles. The number of halogens is 1. The summed E-state index contributed by atoms with van der Waals surface area (Å²) >= 11 is 3.47. The summed E-state index contributed by atoms with van der Waals surface area (Å²) in [4.78, 5) is 51.3. The Kier molecular flexibility index (Phi) is 5.30. The third-order valence-electron chi connectivity index (χ3n) is 6.30. The fourth-order valence-corrected chi connectivity index (χ4v) is 5.11. The van der Waals surface area contributed by atoms with Crippen LogP contribution in [-0.2, 0) is 23.9 Å². The number of rotatable bonds is 5. The molecule has 1 heterocycles. The molecule has 3 amide bonds. The largest absolute Gasteiger partial charge is 0.454 e. The molecule has 0 aromatic heterocycles. The van der Waals surface area contributed by atoms with Crippen molar-refractivity contribution in [3.8, 4) is 0 Å². The Morgan fingerprint density at radius 1 is 1.13 bits per heavy atom. The van der Waals surface area contributed by atoms with E-state index in [1.54, 1.807) is 0 Å². The maximum absolute atomic E-state index is 12.8. The minimum atomic E-state index is -1.06. The molecule has 158 valence electrons. The summed E-state index contributed by atoms with van der Waals surface area (Å²) in [5, 5.41) is 2.69. The van der Waals surface area contributed by atoms with Crippen molar-refractivity contribution in [3.05, 3.63) is 39.9 Å². The highest BCUT2D eigenvalue weighted by atomic mass is 79.9. The fraction of sp³-hybridized carbons (Fsp3) is 0.455. The highest BCUT2D eigenvalue weighted by Gasteiger charge is 2.60. The van der Waals surface area contributed by atoms with Gasteiger partial charge < -0.3 is 10.1 Å². The lowest BCUT2D eigenvalue weighted by molar-refractivity contribution is -0.159. The predicted octanol–water partition coefficient (Wildman–Crippen LogP) is 2.74. The minimum Gasteiger partial charge on any atom is -0.454 e. The SMILES string of the molecule is Cc1cc(NC(=O)COC(=O)[C@@H](C)N2C(=O)[C@@H]3[C@H](C2=O)[C@H]2C=C[C@H]3C2)cc(C)c1Br. The summed E-state index contributed by atoms with van der Waals surface area (Å²) in [5.41, 5.74) is 2.54. The molecule has 0 spiro atoms. The summed E-state index contributed by atoms with van der Waals surface area (Å²) in [6, 6.07) is 2.56. The smallest absolute Gasteiger partial charge is 0.329 e. The molecular weight excluding hydrogens is 452 g/mol. The van der Waals surface area contributed by atoms with Gasteiger partial charge in [-0.3, -0.25) is 19.3 Å². The standard InChI is InChI=1S/C22H23BrN2O5/c1-10-6-15(7-11(2)19(10)23)24-16(26)9-30-22(29)12(3)25-20(27)17-13-4-5-14(8-13)18(17)21(25)28/h4-7,12-14,17-18H,8-9H2,1-3H3,(H,24,26)/t12-,13+,14+,17-,18+/m1/s1. The summed E-state index contributed by atoms with van der Waals surface area (Å²) < 4.78 is 6.07.